The lowest BCUT2D eigenvalue weighted by Gasteiger charge is -2.54. The summed E-state index contributed by atoms with van der Waals surface area (Å²) in [6.45, 7) is 13.5. The van der Waals surface area contributed by atoms with Crippen LogP contribution in [-0.2, 0) is 23.1 Å². The first kappa shape index (κ1) is 35.2. The van der Waals surface area contributed by atoms with Gasteiger partial charge in [0.05, 0.1) is 25.7 Å². The Labute approximate surface area is 302 Å². The molecule has 3 aromatic rings. The smallest absolute Gasteiger partial charge is 0.223 e. The van der Waals surface area contributed by atoms with E-state index in [-0.39, 0.29) is 34.7 Å². The minimum atomic E-state index is -0.438. The summed E-state index contributed by atoms with van der Waals surface area (Å²) in [6, 6.07) is 14.3. The van der Waals surface area contributed by atoms with Crippen molar-refractivity contribution in [3.63, 3.8) is 0 Å². The summed E-state index contributed by atoms with van der Waals surface area (Å²) in [5.74, 6) is 4.08. The monoisotopic (exact) mass is 695 g/mol. The fourth-order valence-corrected chi connectivity index (χ4v) is 9.63. The lowest BCUT2D eigenvalue weighted by atomic mass is 9.49. The number of Topliss-reactive ketones (excluding diaryl/α,β-unsaturated/α-hetero) is 1. The quantitative estimate of drug-likeness (QED) is 0.288. The van der Waals surface area contributed by atoms with Crippen LogP contribution in [-0.4, -0.2) is 44.7 Å². The van der Waals surface area contributed by atoms with Crippen molar-refractivity contribution in [2.75, 3.05) is 20.8 Å². The van der Waals surface area contributed by atoms with Crippen LogP contribution in [0.5, 0.6) is 28.7 Å². The van der Waals surface area contributed by atoms with E-state index in [1.165, 1.54) is 23.1 Å². The first-order valence-electron chi connectivity index (χ1n) is 18.7. The molecule has 6 unspecified atom stereocenters. The Morgan fingerprint density at radius 3 is 2.37 bits per heavy atom. The van der Waals surface area contributed by atoms with Crippen molar-refractivity contribution >= 4 is 11.7 Å². The van der Waals surface area contributed by atoms with Gasteiger partial charge in [-0.1, -0.05) is 66.2 Å². The number of benzene rings is 3. The van der Waals surface area contributed by atoms with Crippen LogP contribution in [0.2, 0.25) is 0 Å². The number of amides is 1. The summed E-state index contributed by atoms with van der Waals surface area (Å²) in [6.07, 6.45) is 5.86. The third-order valence-electron chi connectivity index (χ3n) is 12.7. The number of fused-ring (bicyclic) bond motifs is 9. The second kappa shape index (κ2) is 13.1. The number of carbonyl (C=O) groups is 2. The molecular formula is C43H53NO7. The molecule has 0 spiro atoms. The van der Waals surface area contributed by atoms with E-state index in [0.29, 0.717) is 52.9 Å². The molecule has 272 valence electrons. The Morgan fingerprint density at radius 1 is 0.941 bits per heavy atom. The summed E-state index contributed by atoms with van der Waals surface area (Å²) >= 11 is 0. The maximum absolute atomic E-state index is 13.5. The maximum Gasteiger partial charge on any atom is 0.223 e. The third-order valence-corrected chi connectivity index (χ3v) is 12.7. The molecule has 2 N–H and O–H groups in total. The predicted molar refractivity (Wildman–Crippen MR) is 197 cm³/mol. The molecule has 0 bridgehead atoms. The van der Waals surface area contributed by atoms with Crippen LogP contribution < -0.4 is 29.4 Å². The van der Waals surface area contributed by atoms with Crippen LogP contribution in [0.1, 0.15) is 117 Å². The predicted octanol–water partition coefficient (Wildman–Crippen LogP) is 8.09. The molecule has 0 saturated heterocycles. The molecule has 1 amide bonds. The Morgan fingerprint density at radius 2 is 1.69 bits per heavy atom. The average molecular weight is 696 g/mol. The number of hydrogen-bond donors (Lipinski definition) is 1. The zero-order valence-electron chi connectivity index (χ0n) is 31.4. The minimum Gasteiger partial charge on any atom is -0.493 e. The van der Waals surface area contributed by atoms with Gasteiger partial charge in [-0.05, 0) is 83.7 Å². The Balaban J connectivity index is 0.000000166. The number of methoxy groups -OCH3 is 2. The molecule has 5 aliphatic rings. The zero-order chi connectivity index (χ0) is 36.4. The molecule has 3 aliphatic heterocycles. The van der Waals surface area contributed by atoms with E-state index in [1.54, 1.807) is 20.3 Å². The largest absolute Gasteiger partial charge is 0.493 e. The van der Waals surface area contributed by atoms with Crippen LogP contribution in [0.15, 0.2) is 42.5 Å². The normalized spacial score (nSPS) is 28.2. The number of ether oxygens (including phenoxy) is 5. The third kappa shape index (κ3) is 5.73. The van der Waals surface area contributed by atoms with Crippen molar-refractivity contribution in [2.45, 2.75) is 110 Å². The fourth-order valence-electron chi connectivity index (χ4n) is 9.63. The second-order valence-electron chi connectivity index (χ2n) is 16.3. The SMILES string of the molecule is CC(C)c1ccc2c(c1)CCC1C(C)(C(N)=O)CCCC21C.COc1cc2c(cc1OC)C1C(=O)c3ccc4c(c3OC1CO2)CC(C(C)C)O4. The number of aryl methyl sites for hydroxylation is 1. The van der Waals surface area contributed by atoms with Gasteiger partial charge in [0.15, 0.2) is 17.3 Å². The van der Waals surface area contributed by atoms with Gasteiger partial charge in [-0.25, -0.2) is 0 Å². The van der Waals surface area contributed by atoms with Gasteiger partial charge in [0, 0.05) is 29.0 Å². The summed E-state index contributed by atoms with van der Waals surface area (Å²) in [7, 11) is 3.16. The molecule has 3 aromatic carbocycles. The summed E-state index contributed by atoms with van der Waals surface area (Å²) in [4.78, 5) is 25.7. The van der Waals surface area contributed by atoms with E-state index in [4.69, 9.17) is 29.4 Å². The maximum atomic E-state index is 13.5. The topological polar surface area (TPSA) is 106 Å². The van der Waals surface area contributed by atoms with Crippen LogP contribution >= 0.6 is 0 Å². The number of primary amides is 1. The summed E-state index contributed by atoms with van der Waals surface area (Å²) in [5.41, 5.74) is 12.3. The summed E-state index contributed by atoms with van der Waals surface area (Å²) in [5, 5.41) is 0. The number of carbonyl (C=O) groups excluding carboxylic acids is 2. The molecule has 8 rings (SSSR count). The number of nitrogens with two attached hydrogens (primary N) is 1. The number of ketones is 1. The van der Waals surface area contributed by atoms with Gasteiger partial charge < -0.3 is 29.4 Å². The van der Waals surface area contributed by atoms with E-state index in [9.17, 15) is 9.59 Å². The van der Waals surface area contributed by atoms with Gasteiger partial charge in [-0.3, -0.25) is 9.59 Å². The van der Waals surface area contributed by atoms with Gasteiger partial charge in [0.25, 0.3) is 0 Å². The number of hydrogen-bond acceptors (Lipinski definition) is 7. The molecule has 1 fully saturated rings. The molecule has 0 radical (unpaired) electrons. The highest BCUT2D eigenvalue weighted by molar-refractivity contribution is 6.06. The molecule has 8 heteroatoms. The highest BCUT2D eigenvalue weighted by atomic mass is 16.5. The van der Waals surface area contributed by atoms with E-state index >= 15 is 0 Å². The Kier molecular flexibility index (Phi) is 9.04. The van der Waals surface area contributed by atoms with E-state index in [2.05, 4.69) is 59.7 Å². The summed E-state index contributed by atoms with van der Waals surface area (Å²) < 4.78 is 29.2. The Hall–Kier alpha value is -4.20. The number of rotatable bonds is 5. The van der Waals surface area contributed by atoms with Crippen LogP contribution in [0.25, 0.3) is 0 Å². The highest BCUT2D eigenvalue weighted by Crippen LogP contribution is 2.57. The zero-order valence-corrected chi connectivity index (χ0v) is 31.4. The van der Waals surface area contributed by atoms with Gasteiger partial charge in [0.1, 0.15) is 36.1 Å². The van der Waals surface area contributed by atoms with Crippen molar-refractivity contribution in [1.82, 2.24) is 0 Å². The van der Waals surface area contributed by atoms with E-state index in [0.717, 1.165) is 49.0 Å². The van der Waals surface area contributed by atoms with Gasteiger partial charge in [0.2, 0.25) is 5.91 Å². The Bertz CT molecular complexity index is 1870. The molecule has 6 atom stereocenters. The molecule has 51 heavy (non-hydrogen) atoms. The lowest BCUT2D eigenvalue weighted by molar-refractivity contribution is -0.135. The van der Waals surface area contributed by atoms with Crippen molar-refractivity contribution in [1.29, 1.82) is 0 Å². The van der Waals surface area contributed by atoms with E-state index in [1.807, 2.05) is 18.2 Å². The van der Waals surface area contributed by atoms with Gasteiger partial charge in [-0.15, -0.1) is 0 Å². The lowest BCUT2D eigenvalue weighted by Crippen LogP contribution is -2.54. The van der Waals surface area contributed by atoms with E-state index < -0.39 is 5.92 Å². The van der Waals surface area contributed by atoms with Crippen molar-refractivity contribution in [3.05, 3.63) is 75.8 Å². The molecule has 3 heterocycles. The van der Waals surface area contributed by atoms with Gasteiger partial charge in [-0.2, -0.15) is 0 Å². The molecule has 2 aliphatic carbocycles. The highest BCUT2D eigenvalue weighted by Gasteiger charge is 2.54. The standard InChI is InChI=1S/C23H24O6.C20H29NO/c1-11(2)16-8-14-15(28-16)6-5-12-22(24)21-13-7-18(25-3)19(26-4)9-17(13)27-10-20(21)29-23(12)14;1-13(2)14-6-8-16-15(12-14)7-9-17-19(16,3)10-5-11-20(17,4)18(21)22/h5-7,9,11,16,20-21H,8,10H2,1-4H3;6,8,12-13,17H,5,7,9-11H2,1-4H3,(H2,21,22). The average Bonchev–Trinajstić information content (AvgIpc) is 3.56. The second-order valence-corrected chi connectivity index (χ2v) is 16.3. The van der Waals surface area contributed by atoms with Crippen molar-refractivity contribution in [2.24, 2.45) is 23.0 Å². The van der Waals surface area contributed by atoms with Gasteiger partial charge >= 0.3 is 0 Å². The van der Waals surface area contributed by atoms with Crippen LogP contribution in [0.4, 0.5) is 0 Å². The van der Waals surface area contributed by atoms with Crippen LogP contribution in [0, 0.1) is 17.3 Å². The van der Waals surface area contributed by atoms with Crippen molar-refractivity contribution < 1.29 is 33.3 Å². The molecule has 8 nitrogen and oxygen atoms in total. The molecular weight excluding hydrogens is 642 g/mol. The minimum absolute atomic E-state index is 0.0452. The van der Waals surface area contributed by atoms with Crippen molar-refractivity contribution in [3.8, 4) is 28.7 Å². The molecule has 0 aromatic heterocycles. The van der Waals surface area contributed by atoms with Crippen LogP contribution in [0.3, 0.4) is 0 Å². The first-order chi connectivity index (χ1) is 24.3. The fraction of sp³-hybridized carbons (Fsp3) is 0.535. The first-order valence-corrected chi connectivity index (χ1v) is 18.7. The molecule has 1 saturated carbocycles.